The highest BCUT2D eigenvalue weighted by atomic mass is 35.5. The second kappa shape index (κ2) is 7.58. The molecule has 0 spiro atoms. The Kier molecular flexibility index (Phi) is 5.45. The first-order valence-electron chi connectivity index (χ1n) is 8.76. The van der Waals surface area contributed by atoms with Gasteiger partial charge in [-0.15, -0.1) is 0 Å². The van der Waals surface area contributed by atoms with Crippen LogP contribution < -0.4 is 5.32 Å². The topological polar surface area (TPSA) is 50.2 Å². The van der Waals surface area contributed by atoms with Crippen LogP contribution in [-0.2, 0) is 11.2 Å². The maximum Gasteiger partial charge on any atom is 0.227 e. The van der Waals surface area contributed by atoms with Crippen LogP contribution in [-0.4, -0.2) is 46.8 Å². The summed E-state index contributed by atoms with van der Waals surface area (Å²) in [5.74, 6) is 0.194. The van der Waals surface area contributed by atoms with Crippen molar-refractivity contribution in [2.75, 3.05) is 20.1 Å². The third kappa shape index (κ3) is 3.72. The zero-order valence-corrected chi connectivity index (χ0v) is 15.8. The fraction of sp³-hybridized carbons (Fsp3) is 0.474. The third-order valence-corrected chi connectivity index (χ3v) is 5.23. The molecule has 1 N–H and O–H groups in total. The van der Waals surface area contributed by atoms with Crippen molar-refractivity contribution in [2.45, 2.75) is 39.2 Å². The lowest BCUT2D eigenvalue weighted by Crippen LogP contribution is -2.41. The Labute approximate surface area is 154 Å². The molecule has 1 fully saturated rings. The fourth-order valence-electron chi connectivity index (χ4n) is 3.63. The molecular formula is C19H25ClN4O. The summed E-state index contributed by atoms with van der Waals surface area (Å²) in [6, 6.07) is 7.90. The zero-order chi connectivity index (χ0) is 18.0. The van der Waals surface area contributed by atoms with E-state index in [9.17, 15) is 4.79 Å². The van der Waals surface area contributed by atoms with Crippen LogP contribution in [0.3, 0.4) is 0 Å². The predicted molar refractivity (Wildman–Crippen MR) is 100 cm³/mol. The standard InChI is InChI=1S/C19H25ClN4O/c1-13-18(11-19(25)23-10-4-5-17(23)12-21-3)14(2)24(22-13)16-8-6-15(20)7-9-16/h6-9,17,21H,4-5,10-12H2,1-3H3. The molecule has 1 amide bonds. The molecule has 1 aromatic heterocycles. The maximum atomic E-state index is 12.8. The van der Waals surface area contributed by atoms with Gasteiger partial charge in [-0.25, -0.2) is 4.68 Å². The number of nitrogens with zero attached hydrogens (tertiary/aromatic N) is 3. The van der Waals surface area contributed by atoms with Crippen LogP contribution in [0.5, 0.6) is 0 Å². The first-order valence-corrected chi connectivity index (χ1v) is 9.14. The van der Waals surface area contributed by atoms with Crippen molar-refractivity contribution in [1.82, 2.24) is 20.0 Å². The average Bonchev–Trinajstić information content (AvgIpc) is 3.16. The number of carbonyl (C=O) groups excluding carboxylic acids is 1. The molecule has 134 valence electrons. The quantitative estimate of drug-likeness (QED) is 0.892. The van der Waals surface area contributed by atoms with Gasteiger partial charge in [-0.2, -0.15) is 5.10 Å². The Hall–Kier alpha value is -1.85. The molecule has 0 saturated carbocycles. The molecule has 1 aliphatic heterocycles. The van der Waals surface area contributed by atoms with Crippen molar-refractivity contribution >= 4 is 17.5 Å². The van der Waals surface area contributed by atoms with E-state index in [1.165, 1.54) is 0 Å². The number of hydrogen-bond acceptors (Lipinski definition) is 3. The highest BCUT2D eigenvalue weighted by Crippen LogP contribution is 2.23. The first kappa shape index (κ1) is 18.0. The molecule has 2 aromatic rings. The van der Waals surface area contributed by atoms with E-state index in [-0.39, 0.29) is 5.91 Å². The van der Waals surface area contributed by atoms with Crippen molar-refractivity contribution in [2.24, 2.45) is 0 Å². The summed E-state index contributed by atoms with van der Waals surface area (Å²) in [4.78, 5) is 14.9. The molecule has 0 radical (unpaired) electrons. The number of likely N-dealkylation sites (N-methyl/N-ethyl adjacent to an activating group) is 1. The van der Waals surface area contributed by atoms with Crippen molar-refractivity contribution < 1.29 is 4.79 Å². The normalized spacial score (nSPS) is 17.3. The lowest BCUT2D eigenvalue weighted by atomic mass is 10.1. The second-order valence-corrected chi connectivity index (χ2v) is 7.09. The van der Waals surface area contributed by atoms with E-state index < -0.39 is 0 Å². The van der Waals surface area contributed by atoms with Gasteiger partial charge in [-0.1, -0.05) is 11.6 Å². The van der Waals surface area contributed by atoms with Gasteiger partial charge in [0.1, 0.15) is 0 Å². The van der Waals surface area contributed by atoms with Gasteiger partial charge in [0, 0.05) is 35.4 Å². The number of amides is 1. The molecule has 1 unspecified atom stereocenters. The predicted octanol–water partition coefficient (Wildman–Crippen LogP) is 2.90. The van der Waals surface area contributed by atoms with E-state index in [1.54, 1.807) is 0 Å². The first-order chi connectivity index (χ1) is 12.0. The summed E-state index contributed by atoms with van der Waals surface area (Å²) >= 11 is 5.97. The second-order valence-electron chi connectivity index (χ2n) is 6.66. The highest BCUT2D eigenvalue weighted by Gasteiger charge is 2.29. The van der Waals surface area contributed by atoms with Crippen LogP contribution in [0, 0.1) is 13.8 Å². The van der Waals surface area contributed by atoms with Gasteiger partial charge in [0.25, 0.3) is 0 Å². The van der Waals surface area contributed by atoms with Gasteiger partial charge < -0.3 is 10.2 Å². The average molecular weight is 361 g/mol. The summed E-state index contributed by atoms with van der Waals surface area (Å²) in [5, 5.41) is 8.53. The molecule has 0 bridgehead atoms. The lowest BCUT2D eigenvalue weighted by Gasteiger charge is -2.24. The van der Waals surface area contributed by atoms with E-state index in [1.807, 2.05) is 54.7 Å². The van der Waals surface area contributed by atoms with Gasteiger partial charge in [0.05, 0.1) is 17.8 Å². The maximum absolute atomic E-state index is 12.8. The molecular weight excluding hydrogens is 336 g/mol. The van der Waals surface area contributed by atoms with Crippen LogP contribution in [0.1, 0.15) is 29.8 Å². The molecule has 1 saturated heterocycles. The van der Waals surface area contributed by atoms with E-state index in [0.717, 1.165) is 48.6 Å². The van der Waals surface area contributed by atoms with E-state index in [0.29, 0.717) is 17.5 Å². The van der Waals surface area contributed by atoms with Gasteiger partial charge >= 0.3 is 0 Å². The molecule has 3 rings (SSSR count). The fourth-order valence-corrected chi connectivity index (χ4v) is 3.76. The minimum Gasteiger partial charge on any atom is -0.338 e. The van der Waals surface area contributed by atoms with E-state index >= 15 is 0 Å². The molecule has 2 heterocycles. The summed E-state index contributed by atoms with van der Waals surface area (Å²) in [5.41, 5.74) is 3.90. The summed E-state index contributed by atoms with van der Waals surface area (Å²) < 4.78 is 1.89. The number of benzene rings is 1. The van der Waals surface area contributed by atoms with Crippen molar-refractivity contribution in [3.63, 3.8) is 0 Å². The van der Waals surface area contributed by atoms with Gasteiger partial charge in [-0.3, -0.25) is 4.79 Å². The number of aryl methyl sites for hydroxylation is 1. The Morgan fingerprint density at radius 1 is 1.32 bits per heavy atom. The number of nitrogens with one attached hydrogen (secondary N) is 1. The van der Waals surface area contributed by atoms with Crippen LogP contribution >= 0.6 is 11.6 Å². The van der Waals surface area contributed by atoms with Crippen molar-refractivity contribution in [1.29, 1.82) is 0 Å². The Balaban J connectivity index is 1.81. The van der Waals surface area contributed by atoms with Crippen LogP contribution in [0.15, 0.2) is 24.3 Å². The summed E-state index contributed by atoms with van der Waals surface area (Å²) in [6.07, 6.45) is 2.57. The zero-order valence-electron chi connectivity index (χ0n) is 15.1. The monoisotopic (exact) mass is 360 g/mol. The minimum absolute atomic E-state index is 0.194. The van der Waals surface area contributed by atoms with Crippen LogP contribution in [0.4, 0.5) is 0 Å². The van der Waals surface area contributed by atoms with Gasteiger partial charge in [-0.05, 0) is 58.0 Å². The van der Waals surface area contributed by atoms with Crippen LogP contribution in [0.2, 0.25) is 5.02 Å². The largest absolute Gasteiger partial charge is 0.338 e. The number of likely N-dealkylation sites (tertiary alicyclic amines) is 1. The minimum atomic E-state index is 0.194. The summed E-state index contributed by atoms with van der Waals surface area (Å²) in [7, 11) is 1.94. The van der Waals surface area contributed by atoms with Gasteiger partial charge in [0.2, 0.25) is 5.91 Å². The molecule has 1 aliphatic rings. The van der Waals surface area contributed by atoms with E-state index in [4.69, 9.17) is 11.6 Å². The Morgan fingerprint density at radius 2 is 2.04 bits per heavy atom. The molecule has 0 aliphatic carbocycles. The molecule has 5 nitrogen and oxygen atoms in total. The molecule has 6 heteroatoms. The van der Waals surface area contributed by atoms with Crippen LogP contribution in [0.25, 0.3) is 5.69 Å². The van der Waals surface area contributed by atoms with Gasteiger partial charge in [0.15, 0.2) is 0 Å². The van der Waals surface area contributed by atoms with Crippen molar-refractivity contribution in [3.05, 3.63) is 46.2 Å². The number of hydrogen-bond donors (Lipinski definition) is 1. The van der Waals surface area contributed by atoms with Crippen molar-refractivity contribution in [3.8, 4) is 5.69 Å². The molecule has 1 aromatic carbocycles. The molecule has 1 atom stereocenters. The lowest BCUT2D eigenvalue weighted by molar-refractivity contribution is -0.131. The molecule has 25 heavy (non-hydrogen) atoms. The highest BCUT2D eigenvalue weighted by molar-refractivity contribution is 6.30. The summed E-state index contributed by atoms with van der Waals surface area (Å²) in [6.45, 7) is 5.70. The van der Waals surface area contributed by atoms with E-state index in [2.05, 4.69) is 10.4 Å². The number of halogens is 1. The third-order valence-electron chi connectivity index (χ3n) is 4.98. The Bertz CT molecular complexity index is 754. The number of carbonyl (C=O) groups is 1. The number of rotatable bonds is 5. The SMILES string of the molecule is CNCC1CCCN1C(=O)Cc1c(C)nn(-c2ccc(Cl)cc2)c1C. The number of aromatic nitrogens is 2. The Morgan fingerprint density at radius 3 is 2.72 bits per heavy atom. The smallest absolute Gasteiger partial charge is 0.227 e.